The van der Waals surface area contributed by atoms with Crippen molar-refractivity contribution in [3.8, 4) is 0 Å². The molecule has 1 aromatic heterocycles. The van der Waals surface area contributed by atoms with Gasteiger partial charge in [0.25, 0.3) is 0 Å². The number of hydrogen-bond acceptors (Lipinski definition) is 3. The summed E-state index contributed by atoms with van der Waals surface area (Å²) in [7, 11) is -3.60. The number of rotatable bonds is 5. The van der Waals surface area contributed by atoms with Crippen LogP contribution in [0.3, 0.4) is 0 Å². The zero-order valence-corrected chi connectivity index (χ0v) is 19.4. The van der Waals surface area contributed by atoms with Gasteiger partial charge < -0.3 is 9.47 Å². The molecule has 4 aromatic rings. The third-order valence-electron chi connectivity index (χ3n) is 6.41. The molecule has 0 fully saturated rings. The summed E-state index contributed by atoms with van der Waals surface area (Å²) in [6.07, 6.45) is 3.52. The molecule has 0 saturated carbocycles. The van der Waals surface area contributed by atoms with Gasteiger partial charge in [-0.25, -0.2) is 8.42 Å². The molecule has 2 heterocycles. The predicted molar refractivity (Wildman–Crippen MR) is 131 cm³/mol. The number of fused-ring (bicyclic) bond motifs is 2. The lowest BCUT2D eigenvalue weighted by Crippen LogP contribution is -2.37. The van der Waals surface area contributed by atoms with Crippen LogP contribution in [-0.4, -0.2) is 25.4 Å². The second-order valence-electron chi connectivity index (χ2n) is 8.60. The number of aryl methyl sites for hydroxylation is 2. The van der Waals surface area contributed by atoms with Crippen LogP contribution in [0.15, 0.2) is 83.9 Å². The van der Waals surface area contributed by atoms with Crippen LogP contribution < -0.4 is 4.90 Å². The van der Waals surface area contributed by atoms with E-state index < -0.39 is 9.84 Å². The van der Waals surface area contributed by atoms with Gasteiger partial charge in [-0.3, -0.25) is 4.79 Å². The first-order valence-electron chi connectivity index (χ1n) is 11.2. The number of para-hydroxylation sites is 2. The minimum atomic E-state index is -3.60. The van der Waals surface area contributed by atoms with Crippen LogP contribution in [0.25, 0.3) is 10.9 Å². The normalized spacial score (nSPS) is 13.8. The van der Waals surface area contributed by atoms with Gasteiger partial charge in [0, 0.05) is 29.3 Å². The fourth-order valence-corrected chi connectivity index (χ4v) is 6.35. The fourth-order valence-electron chi connectivity index (χ4n) is 4.67. The molecule has 6 heteroatoms. The maximum atomic E-state index is 13.4. The number of hydrogen-bond donors (Lipinski definition) is 0. The Labute approximate surface area is 194 Å². The van der Waals surface area contributed by atoms with Crippen LogP contribution >= 0.6 is 0 Å². The average Bonchev–Trinajstić information content (AvgIpc) is 3.19. The molecule has 1 aliphatic heterocycles. The number of sulfone groups is 1. The Morgan fingerprint density at radius 3 is 2.52 bits per heavy atom. The summed E-state index contributed by atoms with van der Waals surface area (Å²) < 4.78 is 28.6. The zero-order chi connectivity index (χ0) is 23.0. The maximum Gasteiger partial charge on any atom is 0.246 e. The van der Waals surface area contributed by atoms with Gasteiger partial charge in [0.1, 0.15) is 6.54 Å². The molecule has 5 rings (SSSR count). The second kappa shape index (κ2) is 8.52. The highest BCUT2D eigenvalue weighted by Gasteiger charge is 2.26. The molecule has 0 atom stereocenters. The van der Waals surface area contributed by atoms with Gasteiger partial charge >= 0.3 is 0 Å². The molecule has 3 aromatic carbocycles. The Hall–Kier alpha value is -3.38. The Morgan fingerprint density at radius 1 is 0.939 bits per heavy atom. The molecule has 0 aliphatic carbocycles. The van der Waals surface area contributed by atoms with Crippen LogP contribution in [-0.2, 0) is 33.4 Å². The van der Waals surface area contributed by atoms with Crippen molar-refractivity contribution in [2.75, 3.05) is 11.4 Å². The van der Waals surface area contributed by atoms with E-state index in [0.717, 1.165) is 35.2 Å². The summed E-state index contributed by atoms with van der Waals surface area (Å²) in [6.45, 7) is 2.69. The van der Waals surface area contributed by atoms with Crippen molar-refractivity contribution in [2.24, 2.45) is 0 Å². The van der Waals surface area contributed by atoms with Gasteiger partial charge in [-0.2, -0.15) is 0 Å². The highest BCUT2D eigenvalue weighted by Crippen LogP contribution is 2.30. The summed E-state index contributed by atoms with van der Waals surface area (Å²) in [5.41, 5.74) is 4.62. The fraction of sp³-hybridized carbons (Fsp3) is 0.222. The first-order chi connectivity index (χ1) is 15.9. The molecule has 0 unspecified atom stereocenters. The molecule has 1 amide bonds. The molecule has 0 radical (unpaired) electrons. The molecule has 0 N–H and O–H groups in total. The lowest BCUT2D eigenvalue weighted by Gasteiger charge is -2.29. The van der Waals surface area contributed by atoms with E-state index in [9.17, 15) is 13.2 Å². The van der Waals surface area contributed by atoms with E-state index in [4.69, 9.17) is 0 Å². The number of anilines is 1. The van der Waals surface area contributed by atoms with E-state index in [1.54, 1.807) is 10.8 Å². The van der Waals surface area contributed by atoms with Gasteiger partial charge in [0.2, 0.25) is 5.91 Å². The summed E-state index contributed by atoms with van der Waals surface area (Å²) in [6, 6.07) is 22.9. The number of carbonyl (C=O) groups is 1. The van der Waals surface area contributed by atoms with E-state index in [1.165, 1.54) is 5.56 Å². The van der Waals surface area contributed by atoms with Gasteiger partial charge in [-0.1, -0.05) is 60.7 Å². The van der Waals surface area contributed by atoms with E-state index in [0.29, 0.717) is 11.9 Å². The molecule has 168 valence electrons. The topological polar surface area (TPSA) is 59.4 Å². The van der Waals surface area contributed by atoms with E-state index in [1.807, 2.05) is 78.6 Å². The first-order valence-corrected chi connectivity index (χ1v) is 12.8. The Balaban J connectivity index is 1.50. The van der Waals surface area contributed by atoms with Crippen molar-refractivity contribution in [1.82, 2.24) is 4.57 Å². The van der Waals surface area contributed by atoms with E-state index in [2.05, 4.69) is 6.07 Å². The van der Waals surface area contributed by atoms with Crippen molar-refractivity contribution < 1.29 is 13.2 Å². The summed E-state index contributed by atoms with van der Waals surface area (Å²) in [4.78, 5) is 15.4. The molecule has 0 bridgehead atoms. The third-order valence-corrected chi connectivity index (χ3v) is 8.10. The Kier molecular flexibility index (Phi) is 5.54. The van der Waals surface area contributed by atoms with Crippen LogP contribution in [0.2, 0.25) is 0 Å². The molecule has 0 spiro atoms. The largest absolute Gasteiger partial charge is 0.337 e. The number of carbonyl (C=O) groups excluding carboxylic acids is 1. The number of benzene rings is 3. The lowest BCUT2D eigenvalue weighted by atomic mass is 10.0. The van der Waals surface area contributed by atoms with Gasteiger partial charge in [-0.15, -0.1) is 0 Å². The minimum Gasteiger partial charge on any atom is -0.337 e. The summed E-state index contributed by atoms with van der Waals surface area (Å²) in [5, 5.41) is 0.651. The molecule has 5 nitrogen and oxygen atoms in total. The minimum absolute atomic E-state index is 0.0363. The quantitative estimate of drug-likeness (QED) is 0.427. The van der Waals surface area contributed by atoms with Crippen LogP contribution in [0, 0.1) is 6.92 Å². The van der Waals surface area contributed by atoms with Crippen molar-refractivity contribution in [3.05, 3.63) is 95.7 Å². The van der Waals surface area contributed by atoms with Crippen LogP contribution in [0.5, 0.6) is 0 Å². The standard InChI is InChI=1S/C27H26N2O3S/c1-20-9-2-3-11-22(20)19-33(31,32)26-17-28(25-15-7-5-13-23(25)26)18-27(30)29-16-8-12-21-10-4-6-14-24(21)29/h2-7,9-11,13-15,17H,8,12,16,18-19H2,1H3. The average molecular weight is 459 g/mol. The predicted octanol–water partition coefficient (Wildman–Crippen LogP) is 4.90. The SMILES string of the molecule is Cc1ccccc1CS(=O)(=O)c1cn(CC(=O)N2CCCc3ccccc32)c2ccccc12. The number of aromatic nitrogens is 1. The Bertz CT molecular complexity index is 1450. The van der Waals surface area contributed by atoms with E-state index in [-0.39, 0.29) is 23.1 Å². The summed E-state index contributed by atoms with van der Waals surface area (Å²) in [5.74, 6) is -0.105. The monoisotopic (exact) mass is 458 g/mol. The van der Waals surface area contributed by atoms with Crippen LogP contribution in [0.4, 0.5) is 5.69 Å². The molecule has 0 saturated heterocycles. The van der Waals surface area contributed by atoms with Gasteiger partial charge in [0.15, 0.2) is 9.84 Å². The Morgan fingerprint density at radius 2 is 1.67 bits per heavy atom. The van der Waals surface area contributed by atoms with Crippen LogP contribution in [0.1, 0.15) is 23.1 Å². The zero-order valence-electron chi connectivity index (χ0n) is 18.6. The molecular formula is C27H26N2O3S. The van der Waals surface area contributed by atoms with Gasteiger partial charge in [0.05, 0.1) is 10.6 Å². The molecule has 33 heavy (non-hydrogen) atoms. The molecule has 1 aliphatic rings. The highest BCUT2D eigenvalue weighted by atomic mass is 32.2. The third kappa shape index (κ3) is 4.07. The number of amides is 1. The lowest BCUT2D eigenvalue weighted by molar-refractivity contribution is -0.119. The van der Waals surface area contributed by atoms with Crippen molar-refractivity contribution in [2.45, 2.75) is 37.0 Å². The highest BCUT2D eigenvalue weighted by molar-refractivity contribution is 7.90. The van der Waals surface area contributed by atoms with Gasteiger partial charge in [-0.05, 0) is 48.6 Å². The first kappa shape index (κ1) is 21.5. The molecular weight excluding hydrogens is 432 g/mol. The second-order valence-corrected chi connectivity index (χ2v) is 10.6. The van der Waals surface area contributed by atoms with E-state index >= 15 is 0 Å². The maximum absolute atomic E-state index is 13.4. The number of nitrogens with zero attached hydrogens (tertiary/aromatic N) is 2. The smallest absolute Gasteiger partial charge is 0.246 e. The summed E-state index contributed by atoms with van der Waals surface area (Å²) >= 11 is 0. The van der Waals surface area contributed by atoms with Crippen molar-refractivity contribution in [3.63, 3.8) is 0 Å². The van der Waals surface area contributed by atoms with Crippen molar-refractivity contribution >= 4 is 32.3 Å². The van der Waals surface area contributed by atoms with Crippen molar-refractivity contribution in [1.29, 1.82) is 0 Å².